The van der Waals surface area contributed by atoms with E-state index in [-0.39, 0.29) is 17.6 Å². The fraction of sp³-hybridized carbons (Fsp3) is 0.875. The summed E-state index contributed by atoms with van der Waals surface area (Å²) >= 11 is 0. The van der Waals surface area contributed by atoms with Gasteiger partial charge in [-0.2, -0.15) is 0 Å². The summed E-state index contributed by atoms with van der Waals surface area (Å²) in [4.78, 5) is 10.8. The fourth-order valence-electron chi connectivity index (χ4n) is 1.71. The van der Waals surface area contributed by atoms with Crippen molar-refractivity contribution in [3.05, 3.63) is 0 Å². The molecule has 2 fully saturated rings. The SMILES string of the molecule is CCC1(C2CNC(=O)O2)COC1. The lowest BCUT2D eigenvalue weighted by Gasteiger charge is -2.43. The van der Waals surface area contributed by atoms with Crippen molar-refractivity contribution in [1.29, 1.82) is 0 Å². The van der Waals surface area contributed by atoms with Gasteiger partial charge in [0.15, 0.2) is 0 Å². The summed E-state index contributed by atoms with van der Waals surface area (Å²) in [7, 11) is 0. The second kappa shape index (κ2) is 2.62. The van der Waals surface area contributed by atoms with Gasteiger partial charge in [0.25, 0.3) is 0 Å². The van der Waals surface area contributed by atoms with Gasteiger partial charge in [-0.1, -0.05) is 6.92 Å². The molecular formula is C8H13NO3. The van der Waals surface area contributed by atoms with Crippen LogP contribution >= 0.6 is 0 Å². The smallest absolute Gasteiger partial charge is 0.407 e. The molecule has 1 N–H and O–H groups in total. The van der Waals surface area contributed by atoms with Crippen molar-refractivity contribution in [2.75, 3.05) is 19.8 Å². The maximum Gasteiger partial charge on any atom is 0.407 e. The van der Waals surface area contributed by atoms with Crippen molar-refractivity contribution in [3.63, 3.8) is 0 Å². The van der Waals surface area contributed by atoms with E-state index in [2.05, 4.69) is 12.2 Å². The molecule has 2 rings (SSSR count). The first kappa shape index (κ1) is 7.86. The van der Waals surface area contributed by atoms with E-state index in [1.54, 1.807) is 0 Å². The van der Waals surface area contributed by atoms with Crippen LogP contribution in [0.4, 0.5) is 4.79 Å². The normalized spacial score (nSPS) is 32.1. The molecular weight excluding hydrogens is 158 g/mol. The molecule has 0 aliphatic carbocycles. The molecule has 4 nitrogen and oxygen atoms in total. The Balaban J connectivity index is 2.02. The molecule has 0 radical (unpaired) electrons. The zero-order valence-electron chi connectivity index (χ0n) is 7.13. The van der Waals surface area contributed by atoms with E-state index in [4.69, 9.17) is 9.47 Å². The van der Waals surface area contributed by atoms with Crippen LogP contribution in [-0.2, 0) is 9.47 Å². The predicted molar refractivity (Wildman–Crippen MR) is 41.8 cm³/mol. The highest BCUT2D eigenvalue weighted by atomic mass is 16.6. The van der Waals surface area contributed by atoms with Crippen LogP contribution in [0.3, 0.4) is 0 Å². The number of rotatable bonds is 2. The molecule has 0 aromatic rings. The van der Waals surface area contributed by atoms with Crippen molar-refractivity contribution in [1.82, 2.24) is 5.32 Å². The molecule has 0 aromatic carbocycles. The monoisotopic (exact) mass is 171 g/mol. The lowest BCUT2D eigenvalue weighted by Crippen LogP contribution is -2.52. The van der Waals surface area contributed by atoms with Gasteiger partial charge in [0.2, 0.25) is 0 Å². The number of hydrogen-bond donors (Lipinski definition) is 1. The van der Waals surface area contributed by atoms with Gasteiger partial charge in [-0.25, -0.2) is 4.79 Å². The maximum atomic E-state index is 10.8. The third-order valence-corrected chi connectivity index (χ3v) is 2.85. The molecule has 2 saturated heterocycles. The van der Waals surface area contributed by atoms with Crippen molar-refractivity contribution in [2.24, 2.45) is 5.41 Å². The molecule has 2 heterocycles. The molecule has 2 aliphatic rings. The molecule has 1 atom stereocenters. The van der Waals surface area contributed by atoms with Crippen LogP contribution < -0.4 is 5.32 Å². The van der Waals surface area contributed by atoms with E-state index in [1.807, 2.05) is 0 Å². The fourth-order valence-corrected chi connectivity index (χ4v) is 1.71. The molecule has 68 valence electrons. The molecule has 4 heteroatoms. The van der Waals surface area contributed by atoms with E-state index >= 15 is 0 Å². The van der Waals surface area contributed by atoms with Crippen LogP contribution in [0.15, 0.2) is 0 Å². The highest BCUT2D eigenvalue weighted by Gasteiger charge is 2.48. The standard InChI is InChI=1S/C8H13NO3/c1-2-8(4-11-5-8)6-3-9-7(10)12-6/h6H,2-5H2,1H3,(H,9,10). The number of cyclic esters (lactones) is 1. The summed E-state index contributed by atoms with van der Waals surface area (Å²) in [5, 5.41) is 2.66. The van der Waals surface area contributed by atoms with Crippen LogP contribution in [0, 0.1) is 5.41 Å². The van der Waals surface area contributed by atoms with Gasteiger partial charge in [-0.15, -0.1) is 0 Å². The number of alkyl carbamates (subject to hydrolysis) is 1. The third kappa shape index (κ3) is 0.982. The zero-order valence-corrected chi connectivity index (χ0v) is 7.13. The first-order valence-electron chi connectivity index (χ1n) is 4.29. The lowest BCUT2D eigenvalue weighted by molar-refractivity contribution is -0.163. The number of hydrogen-bond acceptors (Lipinski definition) is 3. The Labute approximate surface area is 71.2 Å². The second-order valence-electron chi connectivity index (χ2n) is 3.48. The van der Waals surface area contributed by atoms with E-state index in [1.165, 1.54) is 0 Å². The van der Waals surface area contributed by atoms with Crippen molar-refractivity contribution in [2.45, 2.75) is 19.4 Å². The Kier molecular flexibility index (Phi) is 1.72. The number of carbonyl (C=O) groups is 1. The maximum absolute atomic E-state index is 10.8. The van der Waals surface area contributed by atoms with Gasteiger partial charge in [0, 0.05) is 0 Å². The zero-order chi connectivity index (χ0) is 8.60. The molecule has 12 heavy (non-hydrogen) atoms. The number of carbonyl (C=O) groups excluding carboxylic acids is 1. The predicted octanol–water partition coefficient (Wildman–Crippen LogP) is 0.521. The average molecular weight is 171 g/mol. The van der Waals surface area contributed by atoms with E-state index in [0.717, 1.165) is 19.6 Å². The molecule has 0 spiro atoms. The summed E-state index contributed by atoms with van der Waals surface area (Å²) in [6.07, 6.45) is 0.732. The minimum absolute atomic E-state index is 0.0174. The van der Waals surface area contributed by atoms with Gasteiger partial charge in [-0.05, 0) is 6.42 Å². The quantitative estimate of drug-likeness (QED) is 0.659. The van der Waals surface area contributed by atoms with Crippen molar-refractivity contribution < 1.29 is 14.3 Å². The molecule has 1 amide bonds. The highest BCUT2D eigenvalue weighted by Crippen LogP contribution is 2.37. The van der Waals surface area contributed by atoms with Crippen LogP contribution in [-0.4, -0.2) is 32.0 Å². The Morgan fingerprint density at radius 2 is 2.42 bits per heavy atom. The van der Waals surface area contributed by atoms with Gasteiger partial charge in [0.05, 0.1) is 25.2 Å². The van der Waals surface area contributed by atoms with Crippen LogP contribution in [0.25, 0.3) is 0 Å². The summed E-state index contributed by atoms with van der Waals surface area (Å²) in [6, 6.07) is 0. The number of nitrogens with one attached hydrogen (secondary N) is 1. The van der Waals surface area contributed by atoms with Gasteiger partial charge in [-0.3, -0.25) is 0 Å². The van der Waals surface area contributed by atoms with Crippen LogP contribution in [0.5, 0.6) is 0 Å². The van der Waals surface area contributed by atoms with Crippen LogP contribution in [0.1, 0.15) is 13.3 Å². The highest BCUT2D eigenvalue weighted by molar-refractivity contribution is 5.69. The van der Waals surface area contributed by atoms with Gasteiger partial charge in [0.1, 0.15) is 6.10 Å². The Hall–Kier alpha value is -0.770. The molecule has 0 aromatic heterocycles. The summed E-state index contributed by atoms with van der Waals surface area (Å²) in [6.45, 7) is 4.19. The third-order valence-electron chi connectivity index (χ3n) is 2.85. The van der Waals surface area contributed by atoms with Crippen LogP contribution in [0.2, 0.25) is 0 Å². The Morgan fingerprint density at radius 1 is 1.67 bits per heavy atom. The summed E-state index contributed by atoms with van der Waals surface area (Å²) in [5.41, 5.74) is 0.0964. The molecule has 0 bridgehead atoms. The Morgan fingerprint density at radius 3 is 2.75 bits per heavy atom. The molecule has 0 saturated carbocycles. The average Bonchev–Trinajstić information content (AvgIpc) is 2.35. The number of ether oxygens (including phenoxy) is 2. The van der Waals surface area contributed by atoms with Gasteiger partial charge >= 0.3 is 6.09 Å². The largest absolute Gasteiger partial charge is 0.444 e. The topological polar surface area (TPSA) is 47.6 Å². The lowest BCUT2D eigenvalue weighted by atomic mass is 9.78. The van der Waals surface area contributed by atoms with E-state index in [9.17, 15) is 4.79 Å². The molecule has 2 aliphatic heterocycles. The minimum Gasteiger partial charge on any atom is -0.444 e. The number of amides is 1. The second-order valence-corrected chi connectivity index (χ2v) is 3.48. The summed E-state index contributed by atoms with van der Waals surface area (Å²) < 4.78 is 10.3. The summed E-state index contributed by atoms with van der Waals surface area (Å²) in [5.74, 6) is 0. The van der Waals surface area contributed by atoms with Crippen molar-refractivity contribution in [3.8, 4) is 0 Å². The first-order chi connectivity index (χ1) is 5.77. The van der Waals surface area contributed by atoms with E-state index in [0.29, 0.717) is 6.54 Å². The van der Waals surface area contributed by atoms with E-state index < -0.39 is 0 Å². The molecule has 1 unspecified atom stereocenters. The minimum atomic E-state index is -0.292. The first-order valence-corrected chi connectivity index (χ1v) is 4.29. The van der Waals surface area contributed by atoms with Crippen molar-refractivity contribution >= 4 is 6.09 Å². The Bertz CT molecular complexity index is 195. The van der Waals surface area contributed by atoms with Gasteiger partial charge < -0.3 is 14.8 Å².